The Kier molecular flexibility index (Phi) is 16.7. The smallest absolute Gasteiger partial charge is 0.193 e. The van der Waals surface area contributed by atoms with Crippen molar-refractivity contribution in [3.05, 3.63) is 47.5 Å². The van der Waals surface area contributed by atoms with E-state index in [0.717, 1.165) is 90.9 Å². The first-order chi connectivity index (χ1) is 17.4. The summed E-state index contributed by atoms with van der Waals surface area (Å²) in [4.78, 5) is 31.6. The van der Waals surface area contributed by atoms with Gasteiger partial charge in [-0.15, -0.1) is 24.8 Å². The lowest BCUT2D eigenvalue weighted by atomic mass is 10.0. The fourth-order valence-electron chi connectivity index (χ4n) is 4.38. The zero-order valence-electron chi connectivity index (χ0n) is 23.0. The second kappa shape index (κ2) is 18.2. The second-order valence-corrected chi connectivity index (χ2v) is 11.3. The summed E-state index contributed by atoms with van der Waals surface area (Å²) < 4.78 is 6.13. The molecular formula is C29H42Cl2N2O3S2. The van der Waals surface area contributed by atoms with Crippen molar-refractivity contribution in [3.63, 3.8) is 0 Å². The summed E-state index contributed by atoms with van der Waals surface area (Å²) in [5, 5.41) is 0.412. The fraction of sp³-hybridized carbons (Fsp3) is 0.517. The average Bonchev–Trinajstić information content (AvgIpc) is 2.88. The van der Waals surface area contributed by atoms with E-state index in [2.05, 4.69) is 49.6 Å². The zero-order valence-corrected chi connectivity index (χ0v) is 26.3. The minimum Gasteiger partial charge on any atom is -0.457 e. The van der Waals surface area contributed by atoms with Gasteiger partial charge in [0.05, 0.1) is 0 Å². The van der Waals surface area contributed by atoms with Crippen molar-refractivity contribution in [2.45, 2.75) is 69.6 Å². The van der Waals surface area contributed by atoms with Gasteiger partial charge in [0, 0.05) is 40.2 Å². The van der Waals surface area contributed by atoms with Crippen LogP contribution in [0.5, 0.6) is 11.5 Å². The predicted molar refractivity (Wildman–Crippen MR) is 166 cm³/mol. The minimum atomic E-state index is 0. The lowest BCUT2D eigenvalue weighted by Crippen LogP contribution is -2.24. The molecule has 0 radical (unpaired) electrons. The minimum absolute atomic E-state index is 0. The van der Waals surface area contributed by atoms with E-state index in [4.69, 9.17) is 4.74 Å². The molecule has 3 rings (SSSR count). The van der Waals surface area contributed by atoms with Crippen molar-refractivity contribution in [3.8, 4) is 11.5 Å². The van der Waals surface area contributed by atoms with Gasteiger partial charge >= 0.3 is 0 Å². The van der Waals surface area contributed by atoms with E-state index in [1.165, 1.54) is 23.5 Å². The number of hydrogen-bond donors (Lipinski definition) is 0. The van der Waals surface area contributed by atoms with Crippen molar-refractivity contribution in [2.24, 2.45) is 0 Å². The summed E-state index contributed by atoms with van der Waals surface area (Å²) in [7, 11) is 0. The second-order valence-electron chi connectivity index (χ2n) is 9.03. The molecule has 1 heterocycles. The highest BCUT2D eigenvalue weighted by molar-refractivity contribution is 8.13. The van der Waals surface area contributed by atoms with E-state index in [0.29, 0.717) is 12.8 Å². The third kappa shape index (κ3) is 10.7. The van der Waals surface area contributed by atoms with Crippen LogP contribution in [0.3, 0.4) is 0 Å². The molecule has 2 aromatic rings. The molecule has 1 aliphatic rings. The van der Waals surface area contributed by atoms with Gasteiger partial charge in [0.15, 0.2) is 10.2 Å². The third-order valence-electron chi connectivity index (χ3n) is 6.63. The first kappa shape index (κ1) is 34.8. The molecule has 0 saturated carbocycles. The SMILES string of the molecule is CCN(CC)CCCC(=O)Sc1ccc2c(c1)Cc1cc(SC(=O)CCCN(CC)CC)ccc1O2.Cl.Cl. The van der Waals surface area contributed by atoms with Crippen LogP contribution in [0.2, 0.25) is 0 Å². The molecule has 0 N–H and O–H groups in total. The number of ether oxygens (including phenoxy) is 1. The van der Waals surface area contributed by atoms with Gasteiger partial charge in [-0.05, 0) is 88.5 Å². The first-order valence-corrected chi connectivity index (χ1v) is 14.9. The van der Waals surface area contributed by atoms with E-state index >= 15 is 0 Å². The van der Waals surface area contributed by atoms with E-state index in [1.807, 2.05) is 24.3 Å². The summed E-state index contributed by atoms with van der Waals surface area (Å²) in [6.07, 6.45) is 3.69. The molecular weight excluding hydrogens is 559 g/mol. The summed E-state index contributed by atoms with van der Waals surface area (Å²) in [5.74, 6) is 1.68. The van der Waals surface area contributed by atoms with Crippen LogP contribution >= 0.6 is 48.3 Å². The molecule has 0 fully saturated rings. The topological polar surface area (TPSA) is 49.9 Å². The molecule has 5 nitrogen and oxygen atoms in total. The van der Waals surface area contributed by atoms with Gasteiger partial charge < -0.3 is 14.5 Å². The highest BCUT2D eigenvalue weighted by Crippen LogP contribution is 2.40. The van der Waals surface area contributed by atoms with Gasteiger partial charge in [0.25, 0.3) is 0 Å². The van der Waals surface area contributed by atoms with Crippen molar-refractivity contribution >= 4 is 58.6 Å². The molecule has 2 aromatic carbocycles. The predicted octanol–water partition coefficient (Wildman–Crippen LogP) is 7.71. The number of halogens is 2. The van der Waals surface area contributed by atoms with Crippen LogP contribution in [0.25, 0.3) is 0 Å². The monoisotopic (exact) mass is 600 g/mol. The molecule has 0 atom stereocenters. The van der Waals surface area contributed by atoms with Crippen molar-refractivity contribution in [1.29, 1.82) is 0 Å². The Morgan fingerprint density at radius 3 is 1.47 bits per heavy atom. The Morgan fingerprint density at radius 2 is 1.11 bits per heavy atom. The number of rotatable bonds is 14. The lowest BCUT2D eigenvalue weighted by molar-refractivity contribution is -0.111. The number of nitrogens with zero attached hydrogens (tertiary/aromatic N) is 2. The van der Waals surface area contributed by atoms with Gasteiger partial charge in [0.1, 0.15) is 11.5 Å². The van der Waals surface area contributed by atoms with E-state index < -0.39 is 0 Å². The van der Waals surface area contributed by atoms with E-state index in [9.17, 15) is 9.59 Å². The van der Waals surface area contributed by atoms with Crippen LogP contribution in [0.4, 0.5) is 0 Å². The molecule has 0 unspecified atom stereocenters. The van der Waals surface area contributed by atoms with Crippen LogP contribution in [0.15, 0.2) is 46.2 Å². The Labute approximate surface area is 249 Å². The lowest BCUT2D eigenvalue weighted by Gasteiger charge is -2.21. The van der Waals surface area contributed by atoms with Crippen LogP contribution in [0.1, 0.15) is 64.5 Å². The summed E-state index contributed by atoms with van der Waals surface area (Å²) >= 11 is 2.65. The van der Waals surface area contributed by atoms with Gasteiger partial charge in [-0.1, -0.05) is 51.2 Å². The first-order valence-electron chi connectivity index (χ1n) is 13.2. The van der Waals surface area contributed by atoms with E-state index in [-0.39, 0.29) is 35.0 Å². The number of hydrogen-bond acceptors (Lipinski definition) is 7. The van der Waals surface area contributed by atoms with Gasteiger partial charge in [-0.25, -0.2) is 0 Å². The average molecular weight is 602 g/mol. The number of carbonyl (C=O) groups is 2. The van der Waals surface area contributed by atoms with E-state index in [1.54, 1.807) is 0 Å². The molecule has 0 amide bonds. The molecule has 0 saturated heterocycles. The Morgan fingerprint density at radius 1 is 0.711 bits per heavy atom. The highest BCUT2D eigenvalue weighted by Gasteiger charge is 2.19. The zero-order chi connectivity index (χ0) is 25.9. The van der Waals surface area contributed by atoms with Gasteiger partial charge in [-0.2, -0.15) is 0 Å². The molecule has 0 aliphatic carbocycles. The summed E-state index contributed by atoms with van der Waals surface area (Å²) in [6.45, 7) is 14.6. The Bertz CT molecular complexity index is 951. The van der Waals surface area contributed by atoms with Gasteiger partial charge in [-0.3, -0.25) is 9.59 Å². The Hall–Kier alpha value is -1.22. The standard InChI is InChI=1S/C29H40N2O3S2.2ClH/c1-5-30(6-2)17-9-11-28(32)35-24-13-15-26-22(20-24)19-23-21-25(14-16-27(23)34-26)36-29(33)12-10-18-31(7-3)8-4;;/h13-16,20-21H,5-12,17-19H2,1-4H3;2*1H. The number of benzene rings is 2. The van der Waals surface area contributed by atoms with Crippen LogP contribution in [0, 0.1) is 0 Å². The highest BCUT2D eigenvalue weighted by atomic mass is 35.5. The van der Waals surface area contributed by atoms with Crippen molar-refractivity contribution < 1.29 is 14.3 Å². The Balaban J connectivity index is 0.00000361. The molecule has 9 heteroatoms. The molecule has 1 aliphatic heterocycles. The molecule has 212 valence electrons. The maximum atomic E-state index is 12.5. The quantitative estimate of drug-likeness (QED) is 0.176. The van der Waals surface area contributed by atoms with Crippen molar-refractivity contribution in [2.75, 3.05) is 39.3 Å². The fourth-order valence-corrected chi connectivity index (χ4v) is 6.07. The summed E-state index contributed by atoms with van der Waals surface area (Å²) in [6, 6.07) is 12.0. The van der Waals surface area contributed by atoms with Crippen molar-refractivity contribution in [1.82, 2.24) is 9.80 Å². The third-order valence-corrected chi connectivity index (χ3v) is 8.47. The molecule has 0 spiro atoms. The molecule has 0 bridgehead atoms. The largest absolute Gasteiger partial charge is 0.457 e. The van der Waals surface area contributed by atoms with Crippen LogP contribution in [-0.2, 0) is 16.0 Å². The summed E-state index contributed by atoms with van der Waals surface area (Å²) in [5.41, 5.74) is 2.16. The maximum Gasteiger partial charge on any atom is 0.193 e. The number of thioether (sulfide) groups is 2. The van der Waals surface area contributed by atoms with Gasteiger partial charge in [0.2, 0.25) is 0 Å². The number of carbonyl (C=O) groups excluding carboxylic acids is 2. The maximum absolute atomic E-state index is 12.5. The number of fused-ring (bicyclic) bond motifs is 2. The molecule has 38 heavy (non-hydrogen) atoms. The van der Waals surface area contributed by atoms with Crippen LogP contribution < -0.4 is 4.74 Å². The van der Waals surface area contributed by atoms with Crippen LogP contribution in [-0.4, -0.2) is 59.3 Å². The normalized spacial score (nSPS) is 11.7. The molecule has 0 aromatic heterocycles.